The Morgan fingerprint density at radius 3 is 2.55 bits per heavy atom. The van der Waals surface area contributed by atoms with E-state index in [2.05, 4.69) is 29.5 Å². The topological polar surface area (TPSA) is 107 Å². The van der Waals surface area contributed by atoms with Crippen LogP contribution in [0.15, 0.2) is 23.8 Å². The lowest BCUT2D eigenvalue weighted by Crippen LogP contribution is -2.63. The Kier molecular flexibility index (Phi) is 6.17. The Morgan fingerprint density at radius 1 is 1.21 bits per heavy atom. The molecule has 0 heterocycles. The van der Waals surface area contributed by atoms with Gasteiger partial charge in [0.1, 0.15) is 11.7 Å². The van der Waals surface area contributed by atoms with Crippen LogP contribution in [0.2, 0.25) is 0 Å². The largest absolute Gasteiger partial charge is 0.462 e. The van der Waals surface area contributed by atoms with Crippen molar-refractivity contribution in [1.29, 1.82) is 0 Å². The van der Waals surface area contributed by atoms with Crippen molar-refractivity contribution in [3.63, 3.8) is 0 Å². The minimum absolute atomic E-state index is 0.0291. The highest BCUT2D eigenvalue weighted by atomic mass is 127. The molecule has 33 heavy (non-hydrogen) atoms. The minimum atomic E-state index is -1.66. The van der Waals surface area contributed by atoms with Gasteiger partial charge in [-0.3, -0.25) is 19.2 Å². The fourth-order valence-corrected chi connectivity index (χ4v) is 8.81. The highest BCUT2D eigenvalue weighted by Crippen LogP contribution is 2.68. The molecular weight excluding hydrogens is 539 g/mol. The van der Waals surface area contributed by atoms with Crippen molar-refractivity contribution in [3.8, 4) is 0 Å². The van der Waals surface area contributed by atoms with Gasteiger partial charge in [-0.25, -0.2) is 0 Å². The van der Waals surface area contributed by atoms with Crippen LogP contribution in [-0.2, 0) is 28.7 Å². The Balaban J connectivity index is 1.77. The molecule has 0 bridgehead atoms. The van der Waals surface area contributed by atoms with Crippen molar-refractivity contribution >= 4 is 46.1 Å². The molecule has 0 radical (unpaired) electrons. The molecule has 3 fully saturated rings. The zero-order valence-corrected chi connectivity index (χ0v) is 21.6. The van der Waals surface area contributed by atoms with Crippen LogP contribution in [0.5, 0.6) is 0 Å². The van der Waals surface area contributed by atoms with E-state index in [9.17, 15) is 24.3 Å². The van der Waals surface area contributed by atoms with E-state index in [1.807, 2.05) is 13.0 Å². The molecule has 3 saturated carbocycles. The zero-order chi connectivity index (χ0) is 24.3. The molecule has 1 N–H and O–H groups in total. The van der Waals surface area contributed by atoms with Gasteiger partial charge in [-0.2, -0.15) is 0 Å². The molecule has 0 spiro atoms. The molecule has 4 aliphatic rings. The highest BCUT2D eigenvalue weighted by Gasteiger charge is 2.69. The fourth-order valence-electron chi connectivity index (χ4n) is 7.37. The van der Waals surface area contributed by atoms with E-state index >= 15 is 0 Å². The molecule has 180 valence electrons. The number of alkyl halides is 1. The Morgan fingerprint density at radius 2 is 1.91 bits per heavy atom. The summed E-state index contributed by atoms with van der Waals surface area (Å²) in [7, 11) is 0. The minimum Gasteiger partial charge on any atom is -0.462 e. The standard InChI is InChI=1S/C25H31IO7/c1-13(27)32-12-21(30)25(31)8-6-17-16-10-19(26)18-9-15(29)5-7-23(18,3)22(16)20(33-14(2)28)11-24(17,25)4/h5,7,9,16-17,19-20,22,31H,6,8,10-12H2,1-4H3/t16-,17-,19-,20-,22+,23-,24-,25-/m0/s1. The van der Waals surface area contributed by atoms with Crippen molar-refractivity contribution in [2.75, 3.05) is 6.61 Å². The van der Waals surface area contributed by atoms with E-state index < -0.39 is 46.9 Å². The Labute approximate surface area is 207 Å². The number of allylic oxidation sites excluding steroid dienone is 4. The lowest BCUT2D eigenvalue weighted by atomic mass is 9.46. The molecule has 0 aromatic heterocycles. The number of rotatable bonds is 4. The van der Waals surface area contributed by atoms with Crippen LogP contribution in [0, 0.1) is 28.6 Å². The SMILES string of the molecule is CC(=O)OCC(=O)[C@@]1(O)CC[C@H]2[C@@H]3C[C@H](I)C4=CC(=O)C=C[C@]4(C)[C@H]3[C@@H](OC(C)=O)C[C@@]21C. The van der Waals surface area contributed by atoms with Crippen LogP contribution < -0.4 is 0 Å². The van der Waals surface area contributed by atoms with Crippen molar-refractivity contribution in [1.82, 2.24) is 0 Å². The number of Topliss-reactive ketones (excluding diaryl/α,β-unsaturated/α-hetero) is 1. The predicted molar refractivity (Wildman–Crippen MR) is 127 cm³/mol. The number of ketones is 2. The quantitative estimate of drug-likeness (QED) is 0.315. The number of carbonyl (C=O) groups is 4. The number of hydrogen-bond donors (Lipinski definition) is 1. The van der Waals surface area contributed by atoms with Crippen LogP contribution in [0.1, 0.15) is 53.4 Å². The van der Waals surface area contributed by atoms with Gasteiger partial charge in [0, 0.05) is 34.5 Å². The van der Waals surface area contributed by atoms with Gasteiger partial charge >= 0.3 is 11.9 Å². The number of halogens is 1. The van der Waals surface area contributed by atoms with Crippen molar-refractivity contribution in [2.24, 2.45) is 28.6 Å². The van der Waals surface area contributed by atoms with Crippen LogP contribution in [0.3, 0.4) is 0 Å². The summed E-state index contributed by atoms with van der Waals surface area (Å²) < 4.78 is 10.9. The van der Waals surface area contributed by atoms with Crippen LogP contribution in [0.4, 0.5) is 0 Å². The van der Waals surface area contributed by atoms with Gasteiger partial charge in [-0.05, 0) is 55.2 Å². The van der Waals surface area contributed by atoms with Crippen LogP contribution >= 0.6 is 22.6 Å². The van der Waals surface area contributed by atoms with Crippen molar-refractivity contribution in [2.45, 2.75) is 69.0 Å². The first-order valence-electron chi connectivity index (χ1n) is 11.5. The molecular formula is C25H31IO7. The predicted octanol–water partition coefficient (Wildman–Crippen LogP) is 3.11. The first kappa shape index (κ1) is 24.6. The van der Waals surface area contributed by atoms with E-state index in [4.69, 9.17) is 9.47 Å². The normalized spacial score (nSPS) is 43.6. The highest BCUT2D eigenvalue weighted by molar-refractivity contribution is 14.1. The molecule has 0 aromatic carbocycles. The first-order valence-corrected chi connectivity index (χ1v) is 12.7. The van der Waals surface area contributed by atoms with Crippen LogP contribution in [0.25, 0.3) is 0 Å². The number of esters is 2. The molecule has 4 rings (SSSR count). The fraction of sp³-hybridized carbons (Fsp3) is 0.680. The van der Waals surface area contributed by atoms with Gasteiger partial charge in [0.15, 0.2) is 12.4 Å². The molecule has 0 aromatic rings. The van der Waals surface area contributed by atoms with Gasteiger partial charge in [0.05, 0.1) is 0 Å². The first-order chi connectivity index (χ1) is 15.3. The smallest absolute Gasteiger partial charge is 0.303 e. The Hall–Kier alpha value is -1.55. The molecule has 0 amide bonds. The van der Waals surface area contributed by atoms with Gasteiger partial charge < -0.3 is 14.6 Å². The number of ether oxygens (including phenoxy) is 2. The maximum absolute atomic E-state index is 13.1. The maximum atomic E-state index is 13.1. The van der Waals surface area contributed by atoms with Crippen LogP contribution in [-0.4, -0.2) is 50.8 Å². The molecule has 0 unspecified atom stereocenters. The van der Waals surface area contributed by atoms with E-state index in [1.54, 1.807) is 12.2 Å². The number of hydrogen-bond acceptors (Lipinski definition) is 7. The van der Waals surface area contributed by atoms with E-state index in [0.717, 1.165) is 12.0 Å². The summed E-state index contributed by atoms with van der Waals surface area (Å²) in [6, 6.07) is 0. The third-order valence-corrected chi connectivity index (χ3v) is 9.97. The molecule has 0 aliphatic heterocycles. The Bertz CT molecular complexity index is 970. The maximum Gasteiger partial charge on any atom is 0.303 e. The third-order valence-electron chi connectivity index (χ3n) is 8.79. The monoisotopic (exact) mass is 570 g/mol. The molecule has 8 atom stereocenters. The molecule has 8 heteroatoms. The summed E-state index contributed by atoms with van der Waals surface area (Å²) in [5.41, 5.74) is -1.89. The number of aliphatic hydroxyl groups is 1. The zero-order valence-electron chi connectivity index (χ0n) is 19.4. The molecule has 4 aliphatic carbocycles. The van der Waals surface area contributed by atoms with E-state index in [0.29, 0.717) is 12.8 Å². The average molecular weight is 570 g/mol. The van der Waals surface area contributed by atoms with E-state index in [-0.39, 0.29) is 33.9 Å². The number of carbonyl (C=O) groups excluding carboxylic acids is 4. The van der Waals surface area contributed by atoms with Crippen molar-refractivity contribution in [3.05, 3.63) is 23.8 Å². The summed E-state index contributed by atoms with van der Waals surface area (Å²) in [6.07, 6.45) is 6.81. The molecule has 7 nitrogen and oxygen atoms in total. The lowest BCUT2D eigenvalue weighted by Gasteiger charge is -2.60. The van der Waals surface area contributed by atoms with Gasteiger partial charge in [-0.1, -0.05) is 42.5 Å². The second-order valence-corrected chi connectivity index (χ2v) is 12.0. The summed E-state index contributed by atoms with van der Waals surface area (Å²) in [4.78, 5) is 48.7. The number of fused-ring (bicyclic) bond motifs is 5. The summed E-state index contributed by atoms with van der Waals surface area (Å²) in [5.74, 6) is -1.45. The van der Waals surface area contributed by atoms with Gasteiger partial charge in [0.25, 0.3) is 0 Å². The summed E-state index contributed by atoms with van der Waals surface area (Å²) in [5, 5.41) is 11.7. The summed E-state index contributed by atoms with van der Waals surface area (Å²) in [6.45, 7) is 6.16. The van der Waals surface area contributed by atoms with E-state index in [1.165, 1.54) is 13.8 Å². The lowest BCUT2D eigenvalue weighted by molar-refractivity contribution is -0.192. The van der Waals surface area contributed by atoms with Gasteiger partial charge in [0.2, 0.25) is 5.78 Å². The van der Waals surface area contributed by atoms with Crippen molar-refractivity contribution < 1.29 is 33.8 Å². The molecule has 0 saturated heterocycles. The average Bonchev–Trinajstić information content (AvgIpc) is 2.98. The van der Waals surface area contributed by atoms with Gasteiger partial charge in [-0.15, -0.1) is 0 Å². The second-order valence-electron chi connectivity index (χ2n) is 10.5. The third kappa shape index (κ3) is 3.72. The second kappa shape index (κ2) is 8.29. The summed E-state index contributed by atoms with van der Waals surface area (Å²) >= 11 is 2.39.